The SMILES string of the molecule is CCCOC(=O)CC(CC(C)=O)OC. The predicted molar refractivity (Wildman–Crippen MR) is 52.0 cm³/mol. The molecule has 1 unspecified atom stereocenters. The average molecular weight is 202 g/mol. The van der Waals surface area contributed by atoms with Crippen LogP contribution < -0.4 is 0 Å². The number of rotatable bonds is 7. The van der Waals surface area contributed by atoms with Gasteiger partial charge < -0.3 is 9.47 Å². The fraction of sp³-hybridized carbons (Fsp3) is 0.800. The molecule has 0 bridgehead atoms. The maximum atomic E-state index is 11.1. The van der Waals surface area contributed by atoms with Crippen molar-refractivity contribution in [3.63, 3.8) is 0 Å². The van der Waals surface area contributed by atoms with Crippen LogP contribution in [0.3, 0.4) is 0 Å². The third-order valence-corrected chi connectivity index (χ3v) is 1.71. The molecule has 0 aliphatic heterocycles. The molecule has 1 atom stereocenters. The van der Waals surface area contributed by atoms with Gasteiger partial charge >= 0.3 is 5.97 Å². The molecule has 0 amide bonds. The number of Topliss-reactive ketones (excluding diaryl/α,β-unsaturated/α-hetero) is 1. The first-order valence-electron chi connectivity index (χ1n) is 4.78. The van der Waals surface area contributed by atoms with E-state index in [9.17, 15) is 9.59 Å². The van der Waals surface area contributed by atoms with Gasteiger partial charge in [0, 0.05) is 13.5 Å². The van der Waals surface area contributed by atoms with E-state index in [0.29, 0.717) is 6.61 Å². The van der Waals surface area contributed by atoms with Crippen LogP contribution >= 0.6 is 0 Å². The highest BCUT2D eigenvalue weighted by Crippen LogP contribution is 2.05. The maximum absolute atomic E-state index is 11.1. The van der Waals surface area contributed by atoms with Crippen LogP contribution in [0, 0.1) is 0 Å². The quantitative estimate of drug-likeness (QED) is 0.584. The molecule has 4 nitrogen and oxygen atoms in total. The van der Waals surface area contributed by atoms with Crippen molar-refractivity contribution in [3.05, 3.63) is 0 Å². The minimum atomic E-state index is -0.350. The van der Waals surface area contributed by atoms with Gasteiger partial charge in [0.05, 0.1) is 19.1 Å². The molecule has 0 radical (unpaired) electrons. The van der Waals surface area contributed by atoms with Gasteiger partial charge in [-0.05, 0) is 13.3 Å². The van der Waals surface area contributed by atoms with E-state index in [0.717, 1.165) is 6.42 Å². The molecule has 0 aliphatic carbocycles. The van der Waals surface area contributed by atoms with Crippen molar-refractivity contribution in [2.75, 3.05) is 13.7 Å². The van der Waals surface area contributed by atoms with Crippen LogP contribution in [-0.2, 0) is 19.1 Å². The zero-order chi connectivity index (χ0) is 11.0. The molecule has 14 heavy (non-hydrogen) atoms. The summed E-state index contributed by atoms with van der Waals surface area (Å²) >= 11 is 0. The highest BCUT2D eigenvalue weighted by Gasteiger charge is 2.15. The number of methoxy groups -OCH3 is 1. The van der Waals surface area contributed by atoms with Crippen LogP contribution in [0.25, 0.3) is 0 Å². The largest absolute Gasteiger partial charge is 0.466 e. The van der Waals surface area contributed by atoms with Crippen molar-refractivity contribution in [2.24, 2.45) is 0 Å². The average Bonchev–Trinajstić information content (AvgIpc) is 2.12. The van der Waals surface area contributed by atoms with Gasteiger partial charge in [0.2, 0.25) is 0 Å². The van der Waals surface area contributed by atoms with Gasteiger partial charge in [-0.3, -0.25) is 9.59 Å². The van der Waals surface area contributed by atoms with Gasteiger partial charge in [-0.15, -0.1) is 0 Å². The lowest BCUT2D eigenvalue weighted by atomic mass is 10.1. The first kappa shape index (κ1) is 13.1. The molecule has 0 N–H and O–H groups in total. The van der Waals surface area contributed by atoms with Crippen molar-refractivity contribution < 1.29 is 19.1 Å². The fourth-order valence-corrected chi connectivity index (χ4v) is 1.02. The summed E-state index contributed by atoms with van der Waals surface area (Å²) in [6.45, 7) is 3.83. The van der Waals surface area contributed by atoms with E-state index in [4.69, 9.17) is 9.47 Å². The molecule has 0 spiro atoms. The highest BCUT2D eigenvalue weighted by molar-refractivity contribution is 5.77. The van der Waals surface area contributed by atoms with Crippen molar-refractivity contribution in [1.82, 2.24) is 0 Å². The summed E-state index contributed by atoms with van der Waals surface area (Å²) in [6.07, 6.45) is 0.862. The Labute approximate surface area is 84.6 Å². The summed E-state index contributed by atoms with van der Waals surface area (Å²) in [6, 6.07) is 0. The van der Waals surface area contributed by atoms with E-state index in [1.54, 1.807) is 0 Å². The Morgan fingerprint density at radius 3 is 2.36 bits per heavy atom. The molecule has 0 heterocycles. The van der Waals surface area contributed by atoms with Crippen molar-refractivity contribution in [3.8, 4) is 0 Å². The number of ketones is 1. The fourth-order valence-electron chi connectivity index (χ4n) is 1.02. The number of ether oxygens (including phenoxy) is 2. The minimum absolute atomic E-state index is 0.0140. The molecule has 0 aromatic carbocycles. The summed E-state index contributed by atoms with van der Waals surface area (Å²) in [7, 11) is 1.49. The standard InChI is InChI=1S/C10H18O4/c1-4-5-14-10(12)7-9(13-3)6-8(2)11/h9H,4-7H2,1-3H3. The zero-order valence-corrected chi connectivity index (χ0v) is 9.04. The van der Waals surface area contributed by atoms with Gasteiger partial charge in [0.25, 0.3) is 0 Å². The van der Waals surface area contributed by atoms with Crippen molar-refractivity contribution >= 4 is 11.8 Å². The summed E-state index contributed by atoms with van der Waals surface area (Å²) in [5.74, 6) is -0.292. The minimum Gasteiger partial charge on any atom is -0.466 e. The van der Waals surface area contributed by atoms with Gasteiger partial charge in [-0.2, -0.15) is 0 Å². The molecular weight excluding hydrogens is 184 g/mol. The van der Waals surface area contributed by atoms with Gasteiger partial charge in [0.1, 0.15) is 5.78 Å². The van der Waals surface area contributed by atoms with Crippen LogP contribution in [0.2, 0.25) is 0 Å². The van der Waals surface area contributed by atoms with Gasteiger partial charge in [0.15, 0.2) is 0 Å². The second kappa shape index (κ2) is 7.50. The Bertz CT molecular complexity index is 189. The Morgan fingerprint density at radius 2 is 1.93 bits per heavy atom. The number of carbonyl (C=O) groups is 2. The molecule has 0 aromatic heterocycles. The second-order valence-corrected chi connectivity index (χ2v) is 3.19. The summed E-state index contributed by atoms with van der Waals surface area (Å²) < 4.78 is 9.86. The lowest BCUT2D eigenvalue weighted by molar-refractivity contribution is -0.146. The van der Waals surface area contributed by atoms with Crippen molar-refractivity contribution in [1.29, 1.82) is 0 Å². The van der Waals surface area contributed by atoms with Crippen LogP contribution in [0.15, 0.2) is 0 Å². The molecule has 0 fully saturated rings. The van der Waals surface area contributed by atoms with Crippen LogP contribution in [0.5, 0.6) is 0 Å². The molecule has 0 saturated heterocycles. The molecule has 0 rings (SSSR count). The monoisotopic (exact) mass is 202 g/mol. The topological polar surface area (TPSA) is 52.6 Å². The summed E-state index contributed by atoms with van der Waals surface area (Å²) in [5.41, 5.74) is 0. The maximum Gasteiger partial charge on any atom is 0.308 e. The Kier molecular flexibility index (Phi) is 7.02. The number of hydrogen-bond donors (Lipinski definition) is 0. The normalized spacial score (nSPS) is 12.2. The highest BCUT2D eigenvalue weighted by atomic mass is 16.5. The molecule has 0 aromatic rings. The zero-order valence-electron chi connectivity index (χ0n) is 9.04. The molecular formula is C10H18O4. The van der Waals surface area contributed by atoms with Gasteiger partial charge in [-0.25, -0.2) is 0 Å². The number of esters is 1. The Morgan fingerprint density at radius 1 is 1.29 bits per heavy atom. The van der Waals surface area contributed by atoms with E-state index in [-0.39, 0.29) is 30.7 Å². The summed E-state index contributed by atoms with van der Waals surface area (Å²) in [5, 5.41) is 0. The number of hydrogen-bond acceptors (Lipinski definition) is 4. The van der Waals surface area contributed by atoms with E-state index >= 15 is 0 Å². The first-order valence-corrected chi connectivity index (χ1v) is 4.78. The Hall–Kier alpha value is -0.900. The summed E-state index contributed by atoms with van der Waals surface area (Å²) in [4.78, 5) is 21.9. The number of carbonyl (C=O) groups excluding carboxylic acids is 2. The van der Waals surface area contributed by atoms with Crippen molar-refractivity contribution in [2.45, 2.75) is 39.2 Å². The molecule has 0 aliphatic rings. The lowest BCUT2D eigenvalue weighted by Crippen LogP contribution is -2.20. The third-order valence-electron chi connectivity index (χ3n) is 1.71. The van der Waals surface area contributed by atoms with Crippen LogP contribution in [0.1, 0.15) is 33.1 Å². The Balaban J connectivity index is 3.80. The molecule has 0 saturated carbocycles. The van der Waals surface area contributed by atoms with Gasteiger partial charge in [-0.1, -0.05) is 6.92 Å². The van der Waals surface area contributed by atoms with E-state index < -0.39 is 0 Å². The van der Waals surface area contributed by atoms with Crippen LogP contribution in [0.4, 0.5) is 0 Å². The first-order chi connectivity index (χ1) is 6.60. The smallest absolute Gasteiger partial charge is 0.308 e. The van der Waals surface area contributed by atoms with Crippen LogP contribution in [-0.4, -0.2) is 31.6 Å². The third kappa shape index (κ3) is 6.60. The van der Waals surface area contributed by atoms with E-state index in [2.05, 4.69) is 0 Å². The molecule has 82 valence electrons. The lowest BCUT2D eigenvalue weighted by Gasteiger charge is -2.12. The second-order valence-electron chi connectivity index (χ2n) is 3.19. The predicted octanol–water partition coefficient (Wildman–Crippen LogP) is 1.32. The molecule has 4 heteroatoms. The van der Waals surface area contributed by atoms with E-state index in [1.165, 1.54) is 14.0 Å². The van der Waals surface area contributed by atoms with E-state index in [1.807, 2.05) is 6.92 Å².